The maximum absolute atomic E-state index is 11.9. The molecule has 0 spiro atoms. The van der Waals surface area contributed by atoms with E-state index in [2.05, 4.69) is 4.74 Å². The molecule has 0 saturated carbocycles. The number of hydrogen-bond donors (Lipinski definition) is 4. The van der Waals surface area contributed by atoms with Gasteiger partial charge in [0.25, 0.3) is 5.79 Å². The van der Waals surface area contributed by atoms with Crippen LogP contribution in [0, 0.1) is 0 Å². The Kier molecular flexibility index (Phi) is 4.21. The number of hydrogen-bond acceptors (Lipinski definition) is 9. The Morgan fingerprint density at radius 1 is 0.727 bits per heavy atom. The summed E-state index contributed by atoms with van der Waals surface area (Å²) in [6.45, 7) is 1.71. The zero-order valence-corrected chi connectivity index (χ0v) is 12.5. The van der Waals surface area contributed by atoms with Crippen molar-refractivity contribution < 1.29 is 44.3 Å². The molecule has 0 radical (unpaired) electrons. The van der Waals surface area contributed by atoms with Crippen molar-refractivity contribution in [2.75, 3.05) is 6.61 Å². The minimum absolute atomic E-state index is 0.664. The van der Waals surface area contributed by atoms with Gasteiger partial charge >= 0.3 is 0 Å². The van der Waals surface area contributed by atoms with Gasteiger partial charge in [-0.05, 0) is 20.8 Å². The van der Waals surface area contributed by atoms with E-state index < -0.39 is 52.3 Å². The molecule has 1 aliphatic heterocycles. The van der Waals surface area contributed by atoms with Gasteiger partial charge in [0.05, 0.1) is 6.61 Å². The topological polar surface area (TPSA) is 158 Å². The lowest BCUT2D eigenvalue weighted by molar-refractivity contribution is -0.367. The lowest BCUT2D eigenvalue weighted by Crippen LogP contribution is -2.88. The monoisotopic (exact) mass is 318 g/mol. The van der Waals surface area contributed by atoms with Crippen LogP contribution in [0.1, 0.15) is 27.7 Å². The summed E-state index contributed by atoms with van der Waals surface area (Å²) in [5.41, 5.74) is -10.1. The van der Waals surface area contributed by atoms with Crippen molar-refractivity contribution >= 4 is 23.1 Å². The molecule has 0 aromatic rings. The molecule has 9 nitrogen and oxygen atoms in total. The maximum Gasteiger partial charge on any atom is 0.267 e. The molecule has 22 heavy (non-hydrogen) atoms. The van der Waals surface area contributed by atoms with E-state index in [9.17, 15) is 39.6 Å². The van der Waals surface area contributed by atoms with Crippen molar-refractivity contribution in [1.82, 2.24) is 0 Å². The molecule has 1 rings (SSSR count). The van der Waals surface area contributed by atoms with Crippen molar-refractivity contribution in [3.8, 4) is 0 Å². The van der Waals surface area contributed by atoms with Crippen LogP contribution >= 0.6 is 0 Å². The third kappa shape index (κ3) is 1.77. The van der Waals surface area contributed by atoms with Crippen molar-refractivity contribution in [2.45, 2.75) is 50.3 Å². The summed E-state index contributed by atoms with van der Waals surface area (Å²) in [4.78, 5) is 47.2. The quantitative estimate of drug-likeness (QED) is 0.431. The molecular weight excluding hydrogens is 300 g/mol. The van der Waals surface area contributed by atoms with E-state index in [1.54, 1.807) is 0 Å². The van der Waals surface area contributed by atoms with Crippen LogP contribution in [-0.2, 0) is 23.9 Å². The van der Waals surface area contributed by atoms with E-state index in [1.165, 1.54) is 0 Å². The first-order valence-electron chi connectivity index (χ1n) is 6.31. The van der Waals surface area contributed by atoms with Gasteiger partial charge in [0.15, 0.2) is 28.7 Å². The predicted molar refractivity (Wildman–Crippen MR) is 68.5 cm³/mol. The first-order valence-corrected chi connectivity index (χ1v) is 6.31. The molecule has 1 saturated heterocycles. The van der Waals surface area contributed by atoms with Crippen LogP contribution in [0.3, 0.4) is 0 Å². The molecule has 0 unspecified atom stereocenters. The molecule has 0 bridgehead atoms. The number of Topliss-reactive ketones (excluding diaryl/α,β-unsaturated/α-hetero) is 4. The van der Waals surface area contributed by atoms with E-state index in [1.807, 2.05) is 0 Å². The standard InChI is InChI=1S/C13H18O9/c1-6(14)10(18)5-22-13(21,9(4)17)12(20,8(3)16)11(10,19)7(2)15/h18-21H,5H2,1-4H3/t10-,11+,12-,13+/m0/s1. The van der Waals surface area contributed by atoms with E-state index in [-0.39, 0.29) is 0 Å². The fraction of sp³-hybridized carbons (Fsp3) is 0.692. The van der Waals surface area contributed by atoms with E-state index >= 15 is 0 Å². The summed E-state index contributed by atoms with van der Waals surface area (Å²) in [5.74, 6) is -8.64. The summed E-state index contributed by atoms with van der Waals surface area (Å²) >= 11 is 0. The Bertz CT molecular complexity index is 520. The van der Waals surface area contributed by atoms with Crippen LogP contribution in [0.4, 0.5) is 0 Å². The van der Waals surface area contributed by atoms with Gasteiger partial charge in [0.2, 0.25) is 11.2 Å². The molecule has 0 aliphatic carbocycles. The highest BCUT2D eigenvalue weighted by Crippen LogP contribution is 2.47. The van der Waals surface area contributed by atoms with Crippen LogP contribution < -0.4 is 0 Å². The number of aliphatic hydroxyl groups is 4. The highest BCUT2D eigenvalue weighted by atomic mass is 16.7. The van der Waals surface area contributed by atoms with Crippen LogP contribution in [0.2, 0.25) is 0 Å². The lowest BCUT2D eigenvalue weighted by atomic mass is 9.60. The van der Waals surface area contributed by atoms with Gasteiger partial charge in [0, 0.05) is 6.92 Å². The zero-order chi connectivity index (χ0) is 17.7. The van der Waals surface area contributed by atoms with Crippen LogP contribution in [-0.4, -0.2) is 72.8 Å². The first kappa shape index (κ1) is 18.5. The Morgan fingerprint density at radius 2 is 1.14 bits per heavy atom. The lowest BCUT2D eigenvalue weighted by Gasteiger charge is -2.57. The first-order chi connectivity index (χ1) is 9.73. The third-order valence-corrected chi connectivity index (χ3v) is 4.18. The molecule has 124 valence electrons. The second kappa shape index (κ2) is 5.00. The van der Waals surface area contributed by atoms with E-state index in [4.69, 9.17) is 0 Å². The molecule has 4 atom stereocenters. The minimum atomic E-state index is -3.57. The molecule has 1 heterocycles. The van der Waals surface area contributed by atoms with Crippen molar-refractivity contribution in [2.24, 2.45) is 0 Å². The Labute approximate surface area is 125 Å². The molecule has 0 amide bonds. The smallest absolute Gasteiger partial charge is 0.267 e. The minimum Gasteiger partial charge on any atom is -0.376 e. The predicted octanol–water partition coefficient (Wildman–Crippen LogP) is -2.75. The molecule has 0 aromatic heterocycles. The average molecular weight is 318 g/mol. The van der Waals surface area contributed by atoms with Gasteiger partial charge in [-0.2, -0.15) is 0 Å². The number of carbonyl (C=O) groups excluding carboxylic acids is 4. The summed E-state index contributed by atoms with van der Waals surface area (Å²) < 4.78 is 4.68. The van der Waals surface area contributed by atoms with Gasteiger partial charge in [0.1, 0.15) is 0 Å². The highest BCUT2D eigenvalue weighted by Gasteiger charge is 2.81. The van der Waals surface area contributed by atoms with Crippen LogP contribution in [0.5, 0.6) is 0 Å². The molecule has 0 aromatic carbocycles. The Morgan fingerprint density at radius 3 is 1.41 bits per heavy atom. The summed E-state index contributed by atoms with van der Waals surface area (Å²) in [5, 5.41) is 41.8. The normalized spacial score (nSPS) is 41.8. The number of ether oxygens (including phenoxy) is 1. The maximum atomic E-state index is 11.9. The summed E-state index contributed by atoms with van der Waals surface area (Å²) in [6, 6.07) is 0. The highest BCUT2D eigenvalue weighted by molar-refractivity contribution is 6.08. The van der Waals surface area contributed by atoms with Gasteiger partial charge in [-0.25, -0.2) is 0 Å². The zero-order valence-electron chi connectivity index (χ0n) is 12.5. The van der Waals surface area contributed by atoms with Crippen LogP contribution in [0.15, 0.2) is 0 Å². The fourth-order valence-electron chi connectivity index (χ4n) is 2.71. The molecule has 9 heteroatoms. The summed E-state index contributed by atoms with van der Waals surface area (Å²) in [7, 11) is 0. The molecule has 1 fully saturated rings. The largest absolute Gasteiger partial charge is 0.376 e. The molecular formula is C13H18O9. The van der Waals surface area contributed by atoms with E-state index in [0.29, 0.717) is 13.8 Å². The fourth-order valence-corrected chi connectivity index (χ4v) is 2.71. The Balaban J connectivity index is 3.90. The van der Waals surface area contributed by atoms with Crippen LogP contribution in [0.25, 0.3) is 0 Å². The second-order valence-corrected chi connectivity index (χ2v) is 5.44. The number of ketones is 4. The SMILES string of the molecule is CC(=O)[C@]1(O)[C@@](O)(C(C)=O)[C@@](O)(C(C)=O)OC[C@]1(O)C(C)=O. The van der Waals surface area contributed by atoms with Gasteiger partial charge < -0.3 is 25.2 Å². The van der Waals surface area contributed by atoms with Gasteiger partial charge in [-0.15, -0.1) is 0 Å². The molecule has 4 N–H and O–H groups in total. The average Bonchev–Trinajstić information content (AvgIpc) is 2.39. The number of rotatable bonds is 4. The third-order valence-electron chi connectivity index (χ3n) is 4.18. The van der Waals surface area contributed by atoms with Crippen molar-refractivity contribution in [3.05, 3.63) is 0 Å². The van der Waals surface area contributed by atoms with E-state index in [0.717, 1.165) is 13.8 Å². The number of carbonyl (C=O) groups is 4. The Hall–Kier alpha value is -1.52. The van der Waals surface area contributed by atoms with Crippen molar-refractivity contribution in [3.63, 3.8) is 0 Å². The van der Waals surface area contributed by atoms with Gasteiger partial charge in [-0.1, -0.05) is 0 Å². The van der Waals surface area contributed by atoms with Crippen molar-refractivity contribution in [1.29, 1.82) is 0 Å². The summed E-state index contributed by atoms with van der Waals surface area (Å²) in [6.07, 6.45) is 0. The second-order valence-electron chi connectivity index (χ2n) is 5.44. The molecule has 1 aliphatic rings. The van der Waals surface area contributed by atoms with Gasteiger partial charge in [-0.3, -0.25) is 19.2 Å².